The lowest BCUT2D eigenvalue weighted by molar-refractivity contribution is -0.142. The number of fused-ring (bicyclic) bond motifs is 1. The van der Waals surface area contributed by atoms with E-state index in [0.29, 0.717) is 19.6 Å². The first kappa shape index (κ1) is 16.6. The molecule has 1 saturated heterocycles. The molecule has 2 aromatic heterocycles. The molecule has 130 valence electrons. The molecule has 0 atom stereocenters. The Kier molecular flexibility index (Phi) is 4.66. The van der Waals surface area contributed by atoms with Crippen molar-refractivity contribution in [3.8, 4) is 0 Å². The van der Waals surface area contributed by atoms with Gasteiger partial charge in [0.15, 0.2) is 5.65 Å². The normalized spacial score (nSPS) is 16.0. The molecule has 0 radical (unpaired) electrons. The predicted octanol–water partition coefficient (Wildman–Crippen LogP) is 0.538. The van der Waals surface area contributed by atoms with Crippen LogP contribution >= 0.6 is 0 Å². The number of nitrogens with two attached hydrogens (primary N) is 1. The van der Waals surface area contributed by atoms with Gasteiger partial charge in [0.2, 0.25) is 5.91 Å². The van der Waals surface area contributed by atoms with Gasteiger partial charge in [-0.05, 0) is 25.0 Å². The Balaban J connectivity index is 1.68. The molecule has 0 aromatic carbocycles. The molecule has 8 nitrogen and oxygen atoms in total. The number of aromatic nitrogens is 4. The summed E-state index contributed by atoms with van der Waals surface area (Å²) in [5.41, 5.74) is 6.23. The summed E-state index contributed by atoms with van der Waals surface area (Å²) >= 11 is 0. The van der Waals surface area contributed by atoms with Crippen LogP contribution in [0.2, 0.25) is 0 Å². The van der Waals surface area contributed by atoms with E-state index in [4.69, 9.17) is 5.73 Å². The van der Waals surface area contributed by atoms with Crippen LogP contribution in [0.5, 0.6) is 0 Å². The van der Waals surface area contributed by atoms with Crippen molar-refractivity contribution in [1.29, 1.82) is 0 Å². The lowest BCUT2D eigenvalue weighted by atomic mass is 9.81. The zero-order chi connectivity index (χ0) is 17.2. The number of amides is 1. The number of anilines is 1. The zero-order valence-electron chi connectivity index (χ0n) is 14.4. The third-order valence-electron chi connectivity index (χ3n) is 5.24. The maximum Gasteiger partial charge on any atom is 0.230 e. The van der Waals surface area contributed by atoms with Crippen molar-refractivity contribution in [3.05, 3.63) is 18.5 Å². The quantitative estimate of drug-likeness (QED) is 0.859. The first-order valence-corrected chi connectivity index (χ1v) is 8.55. The Bertz CT molecular complexity index is 693. The first-order valence-electron chi connectivity index (χ1n) is 8.55. The molecule has 3 heterocycles. The number of nitrogens with zero attached hydrogens (tertiary/aromatic N) is 6. The van der Waals surface area contributed by atoms with Crippen LogP contribution in [-0.4, -0.2) is 63.3 Å². The maximum absolute atomic E-state index is 12.9. The fraction of sp³-hybridized carbons (Fsp3) is 0.625. The van der Waals surface area contributed by atoms with Gasteiger partial charge in [0, 0.05) is 32.7 Å². The molecule has 2 aromatic rings. The molecular formula is C16H25N7O. The van der Waals surface area contributed by atoms with Gasteiger partial charge in [0.05, 0.1) is 5.41 Å². The largest absolute Gasteiger partial charge is 0.352 e. The standard InChI is InChI=1S/C16H25N7O/c1-3-16(4-2,11-17)15(24)22-9-7-21(8-10-22)14-6-5-13-19-18-12-23(13)20-14/h5-6,12H,3-4,7-11,17H2,1-2H3. The van der Waals surface area contributed by atoms with Gasteiger partial charge in [-0.3, -0.25) is 4.79 Å². The molecule has 8 heteroatoms. The van der Waals surface area contributed by atoms with Crippen LogP contribution in [-0.2, 0) is 4.79 Å². The van der Waals surface area contributed by atoms with Crippen molar-refractivity contribution in [1.82, 2.24) is 24.7 Å². The van der Waals surface area contributed by atoms with Crippen LogP contribution in [0, 0.1) is 5.41 Å². The Morgan fingerprint density at radius 1 is 1.21 bits per heavy atom. The molecule has 0 bridgehead atoms. The van der Waals surface area contributed by atoms with Crippen LogP contribution < -0.4 is 10.6 Å². The van der Waals surface area contributed by atoms with Crippen LogP contribution in [0.15, 0.2) is 18.5 Å². The molecule has 1 fully saturated rings. The summed E-state index contributed by atoms with van der Waals surface area (Å²) in [6, 6.07) is 3.85. The Morgan fingerprint density at radius 2 is 1.92 bits per heavy atom. The van der Waals surface area contributed by atoms with E-state index in [-0.39, 0.29) is 5.91 Å². The summed E-state index contributed by atoms with van der Waals surface area (Å²) in [5.74, 6) is 1.07. The Morgan fingerprint density at radius 3 is 2.54 bits per heavy atom. The first-order chi connectivity index (χ1) is 11.6. The number of carbonyl (C=O) groups excluding carboxylic acids is 1. The van der Waals surface area contributed by atoms with Gasteiger partial charge in [-0.25, -0.2) is 0 Å². The fourth-order valence-electron chi connectivity index (χ4n) is 3.29. The minimum atomic E-state index is -0.415. The molecule has 2 N–H and O–H groups in total. The van der Waals surface area contributed by atoms with E-state index in [0.717, 1.165) is 37.4 Å². The molecular weight excluding hydrogens is 306 g/mol. The van der Waals surface area contributed by atoms with Crippen molar-refractivity contribution < 1.29 is 4.79 Å². The summed E-state index contributed by atoms with van der Waals surface area (Å²) in [4.78, 5) is 17.0. The highest BCUT2D eigenvalue weighted by molar-refractivity contribution is 5.83. The van der Waals surface area contributed by atoms with Gasteiger partial charge in [0.25, 0.3) is 0 Å². The number of piperazine rings is 1. The molecule has 0 spiro atoms. The van der Waals surface area contributed by atoms with Gasteiger partial charge in [-0.1, -0.05) is 13.8 Å². The average molecular weight is 331 g/mol. The molecule has 1 aliphatic rings. The second kappa shape index (κ2) is 6.72. The third kappa shape index (κ3) is 2.82. The van der Waals surface area contributed by atoms with E-state index < -0.39 is 5.41 Å². The summed E-state index contributed by atoms with van der Waals surface area (Å²) in [5, 5.41) is 12.3. The summed E-state index contributed by atoms with van der Waals surface area (Å²) in [7, 11) is 0. The summed E-state index contributed by atoms with van der Waals surface area (Å²) in [6.45, 7) is 7.42. The van der Waals surface area contributed by atoms with E-state index in [9.17, 15) is 4.79 Å². The van der Waals surface area contributed by atoms with Crippen LogP contribution in [0.1, 0.15) is 26.7 Å². The second-order valence-electron chi connectivity index (χ2n) is 6.30. The smallest absolute Gasteiger partial charge is 0.230 e. The third-order valence-corrected chi connectivity index (χ3v) is 5.24. The topological polar surface area (TPSA) is 92.7 Å². The maximum atomic E-state index is 12.9. The average Bonchev–Trinajstić information content (AvgIpc) is 3.11. The Hall–Kier alpha value is -2.22. The lowest BCUT2D eigenvalue weighted by Gasteiger charge is -2.40. The minimum absolute atomic E-state index is 0.192. The molecule has 0 saturated carbocycles. The van der Waals surface area contributed by atoms with Gasteiger partial charge in [0.1, 0.15) is 12.1 Å². The molecule has 1 aliphatic heterocycles. The zero-order valence-corrected chi connectivity index (χ0v) is 14.4. The van der Waals surface area contributed by atoms with E-state index in [1.807, 2.05) is 30.9 Å². The van der Waals surface area contributed by atoms with E-state index in [1.54, 1.807) is 10.8 Å². The lowest BCUT2D eigenvalue weighted by Crippen LogP contribution is -2.55. The highest BCUT2D eigenvalue weighted by atomic mass is 16.2. The highest BCUT2D eigenvalue weighted by Crippen LogP contribution is 2.28. The number of rotatable bonds is 5. The molecule has 3 rings (SSSR count). The second-order valence-corrected chi connectivity index (χ2v) is 6.30. The molecule has 24 heavy (non-hydrogen) atoms. The van der Waals surface area contributed by atoms with E-state index >= 15 is 0 Å². The number of carbonyl (C=O) groups is 1. The van der Waals surface area contributed by atoms with Gasteiger partial charge >= 0.3 is 0 Å². The fourth-order valence-corrected chi connectivity index (χ4v) is 3.29. The Labute approximate surface area is 141 Å². The van der Waals surface area contributed by atoms with Gasteiger partial charge in [-0.15, -0.1) is 15.3 Å². The monoisotopic (exact) mass is 331 g/mol. The van der Waals surface area contributed by atoms with Gasteiger partial charge in [-0.2, -0.15) is 4.52 Å². The van der Waals surface area contributed by atoms with Crippen LogP contribution in [0.3, 0.4) is 0 Å². The van der Waals surface area contributed by atoms with Crippen molar-refractivity contribution in [2.75, 3.05) is 37.6 Å². The summed E-state index contributed by atoms with van der Waals surface area (Å²) < 4.78 is 1.67. The van der Waals surface area contributed by atoms with Gasteiger partial charge < -0.3 is 15.5 Å². The van der Waals surface area contributed by atoms with E-state index in [1.165, 1.54) is 0 Å². The van der Waals surface area contributed by atoms with Crippen LogP contribution in [0.4, 0.5) is 5.82 Å². The predicted molar refractivity (Wildman–Crippen MR) is 91.6 cm³/mol. The molecule has 0 unspecified atom stereocenters. The van der Waals surface area contributed by atoms with Crippen molar-refractivity contribution in [3.63, 3.8) is 0 Å². The van der Waals surface area contributed by atoms with Crippen molar-refractivity contribution in [2.45, 2.75) is 26.7 Å². The van der Waals surface area contributed by atoms with Crippen molar-refractivity contribution >= 4 is 17.4 Å². The highest BCUT2D eigenvalue weighted by Gasteiger charge is 2.37. The number of hydrogen-bond acceptors (Lipinski definition) is 6. The SMILES string of the molecule is CCC(CC)(CN)C(=O)N1CCN(c2ccc3nncn3n2)CC1. The molecule has 0 aliphatic carbocycles. The number of hydrogen-bond donors (Lipinski definition) is 1. The van der Waals surface area contributed by atoms with Crippen molar-refractivity contribution in [2.24, 2.45) is 11.1 Å². The summed E-state index contributed by atoms with van der Waals surface area (Å²) in [6.07, 6.45) is 3.16. The van der Waals surface area contributed by atoms with E-state index in [2.05, 4.69) is 20.2 Å². The molecule has 1 amide bonds. The van der Waals surface area contributed by atoms with Crippen LogP contribution in [0.25, 0.3) is 5.65 Å². The minimum Gasteiger partial charge on any atom is -0.352 e.